The number of hydrogen-bond donors (Lipinski definition) is 5. The molecule has 5 atom stereocenters. The van der Waals surface area contributed by atoms with E-state index < -0.39 is 48.6 Å². The molecule has 12 heteroatoms. The van der Waals surface area contributed by atoms with E-state index in [9.17, 15) is 34.3 Å². The number of ether oxygens (including phenoxy) is 3. The highest BCUT2D eigenvalue weighted by molar-refractivity contribution is 5.39. The summed E-state index contributed by atoms with van der Waals surface area (Å²) in [6.07, 6.45) is -7.42. The SMILES string of the molecule is COc1cc(F)c(Cc2c(O[C@@]3(O)O[C@H](CO)[C@@H](O)[C@H](O)[C@H]3O)nn(C(C)C)c2C)cc1F. The molecule has 1 aromatic heterocycles. The fourth-order valence-electron chi connectivity index (χ4n) is 3.71. The van der Waals surface area contributed by atoms with Crippen LogP contribution in [0.15, 0.2) is 12.1 Å². The maximum Gasteiger partial charge on any atom is 0.356 e. The summed E-state index contributed by atoms with van der Waals surface area (Å²) in [6.45, 7) is 4.48. The lowest BCUT2D eigenvalue weighted by Gasteiger charge is -2.43. The molecule has 0 saturated carbocycles. The summed E-state index contributed by atoms with van der Waals surface area (Å²) >= 11 is 0. The van der Waals surface area contributed by atoms with Crippen molar-refractivity contribution in [2.45, 2.75) is 63.6 Å². The Kier molecular flexibility index (Phi) is 7.27. The minimum atomic E-state index is -2.90. The van der Waals surface area contributed by atoms with Gasteiger partial charge in [-0.25, -0.2) is 8.78 Å². The summed E-state index contributed by atoms with van der Waals surface area (Å²) in [5.74, 6) is -4.97. The van der Waals surface area contributed by atoms with Gasteiger partial charge in [0, 0.05) is 29.8 Å². The highest BCUT2D eigenvalue weighted by Gasteiger charge is 2.55. The molecule has 33 heavy (non-hydrogen) atoms. The van der Waals surface area contributed by atoms with Crippen molar-refractivity contribution in [2.24, 2.45) is 0 Å². The second-order valence-electron chi connectivity index (χ2n) is 8.16. The van der Waals surface area contributed by atoms with Crippen LogP contribution in [0.1, 0.15) is 36.7 Å². The van der Waals surface area contributed by atoms with E-state index in [2.05, 4.69) is 5.10 Å². The van der Waals surface area contributed by atoms with Crippen molar-refractivity contribution in [3.05, 3.63) is 40.6 Å². The van der Waals surface area contributed by atoms with Crippen molar-refractivity contribution in [1.29, 1.82) is 0 Å². The van der Waals surface area contributed by atoms with E-state index in [1.54, 1.807) is 6.92 Å². The van der Waals surface area contributed by atoms with Crippen LogP contribution in [0.4, 0.5) is 8.78 Å². The molecular formula is C21H28F2N2O8. The molecule has 184 valence electrons. The Balaban J connectivity index is 2.03. The van der Waals surface area contributed by atoms with Crippen LogP contribution < -0.4 is 9.47 Å². The number of aliphatic hydroxyl groups is 5. The second kappa shape index (κ2) is 9.49. The zero-order chi connectivity index (χ0) is 24.7. The predicted molar refractivity (Wildman–Crippen MR) is 109 cm³/mol. The first-order valence-electron chi connectivity index (χ1n) is 10.3. The third-order valence-corrected chi connectivity index (χ3v) is 5.59. The molecule has 0 aliphatic carbocycles. The number of halogens is 2. The van der Waals surface area contributed by atoms with Gasteiger partial charge in [0.1, 0.15) is 24.1 Å². The van der Waals surface area contributed by atoms with Crippen LogP contribution in [0.5, 0.6) is 11.6 Å². The third-order valence-electron chi connectivity index (χ3n) is 5.59. The number of aromatic nitrogens is 2. The molecule has 0 amide bonds. The van der Waals surface area contributed by atoms with E-state index in [0.29, 0.717) is 5.69 Å². The van der Waals surface area contributed by atoms with Crippen LogP contribution >= 0.6 is 0 Å². The van der Waals surface area contributed by atoms with Gasteiger partial charge in [0.2, 0.25) is 5.88 Å². The number of rotatable bonds is 7. The zero-order valence-corrected chi connectivity index (χ0v) is 18.6. The lowest BCUT2D eigenvalue weighted by atomic mass is 9.98. The van der Waals surface area contributed by atoms with Crippen molar-refractivity contribution >= 4 is 0 Å². The monoisotopic (exact) mass is 474 g/mol. The van der Waals surface area contributed by atoms with Crippen LogP contribution in [0, 0.1) is 18.6 Å². The molecule has 5 N–H and O–H groups in total. The average molecular weight is 474 g/mol. The van der Waals surface area contributed by atoms with Gasteiger partial charge in [-0.3, -0.25) is 4.68 Å². The summed E-state index contributed by atoms with van der Waals surface area (Å²) in [5, 5.41) is 54.7. The van der Waals surface area contributed by atoms with E-state index >= 15 is 0 Å². The van der Waals surface area contributed by atoms with Crippen LogP contribution in [0.3, 0.4) is 0 Å². The molecule has 0 radical (unpaired) electrons. The van der Waals surface area contributed by atoms with Crippen LogP contribution in [0.2, 0.25) is 0 Å². The van der Waals surface area contributed by atoms with Gasteiger partial charge >= 0.3 is 5.97 Å². The summed E-state index contributed by atoms with van der Waals surface area (Å²) in [4.78, 5) is 0. The molecule has 0 spiro atoms. The Morgan fingerprint density at radius 3 is 2.42 bits per heavy atom. The second-order valence-corrected chi connectivity index (χ2v) is 8.16. The number of aliphatic hydroxyl groups excluding tert-OH is 4. The maximum atomic E-state index is 14.6. The molecule has 0 unspecified atom stereocenters. The predicted octanol–water partition coefficient (Wildman–Crippen LogP) is 0.149. The molecule has 1 fully saturated rings. The van der Waals surface area contributed by atoms with E-state index in [4.69, 9.17) is 14.2 Å². The summed E-state index contributed by atoms with van der Waals surface area (Å²) in [5.41, 5.74) is 0.701. The largest absolute Gasteiger partial charge is 0.494 e. The molecule has 1 aliphatic heterocycles. The van der Waals surface area contributed by atoms with E-state index in [1.807, 2.05) is 13.8 Å². The van der Waals surface area contributed by atoms with E-state index in [0.717, 1.165) is 12.1 Å². The number of hydrogen-bond acceptors (Lipinski definition) is 9. The van der Waals surface area contributed by atoms with Crippen LogP contribution in [-0.2, 0) is 11.2 Å². The minimum absolute atomic E-state index is 0.0506. The Bertz CT molecular complexity index is 999. The van der Waals surface area contributed by atoms with Gasteiger partial charge in [0.05, 0.1) is 13.7 Å². The van der Waals surface area contributed by atoms with Gasteiger partial charge in [-0.2, -0.15) is 0 Å². The van der Waals surface area contributed by atoms with Crippen LogP contribution in [0.25, 0.3) is 0 Å². The van der Waals surface area contributed by atoms with Crippen molar-refractivity contribution < 1.29 is 48.5 Å². The van der Waals surface area contributed by atoms with Gasteiger partial charge in [0.25, 0.3) is 0 Å². The number of nitrogens with zero attached hydrogens (tertiary/aromatic N) is 2. The zero-order valence-electron chi connectivity index (χ0n) is 18.6. The standard InChI is InChI=1S/C21H28F2N2O8/c1-9(2)25-10(3)12(5-11-6-14(23)15(31-4)7-13(11)22)20(24-25)33-21(30)19(29)18(28)17(27)16(8-26)32-21/h6-7,9,16-19,26-30H,5,8H2,1-4H3/t16-,17-,18+,19-,21+/m1/s1. The molecular weight excluding hydrogens is 446 g/mol. The Hall–Kier alpha value is -2.35. The van der Waals surface area contributed by atoms with Gasteiger partial charge in [0.15, 0.2) is 17.7 Å². The summed E-state index contributed by atoms with van der Waals surface area (Å²) in [7, 11) is 1.21. The molecule has 10 nitrogen and oxygen atoms in total. The lowest BCUT2D eigenvalue weighted by Crippen LogP contribution is -2.67. The normalized spacial score (nSPS) is 27.8. The van der Waals surface area contributed by atoms with E-state index in [-0.39, 0.29) is 35.2 Å². The van der Waals surface area contributed by atoms with Crippen LogP contribution in [-0.4, -0.2) is 79.4 Å². The van der Waals surface area contributed by atoms with Gasteiger partial charge < -0.3 is 39.7 Å². The van der Waals surface area contributed by atoms with E-state index in [1.165, 1.54) is 11.8 Å². The first-order valence-corrected chi connectivity index (χ1v) is 10.3. The van der Waals surface area contributed by atoms with Gasteiger partial charge in [-0.1, -0.05) is 0 Å². The van der Waals surface area contributed by atoms with Crippen molar-refractivity contribution in [3.8, 4) is 11.6 Å². The van der Waals surface area contributed by atoms with Gasteiger partial charge in [-0.15, -0.1) is 5.10 Å². The van der Waals surface area contributed by atoms with Crippen molar-refractivity contribution in [3.63, 3.8) is 0 Å². The van der Waals surface area contributed by atoms with Crippen molar-refractivity contribution in [1.82, 2.24) is 9.78 Å². The lowest BCUT2D eigenvalue weighted by molar-refractivity contribution is -0.423. The molecule has 1 saturated heterocycles. The fourth-order valence-corrected chi connectivity index (χ4v) is 3.71. The highest BCUT2D eigenvalue weighted by Crippen LogP contribution is 2.35. The molecule has 2 heterocycles. The Morgan fingerprint density at radius 2 is 1.85 bits per heavy atom. The first kappa shape index (κ1) is 25.3. The van der Waals surface area contributed by atoms with Crippen molar-refractivity contribution in [2.75, 3.05) is 13.7 Å². The minimum Gasteiger partial charge on any atom is -0.494 e. The Labute approximate surface area is 188 Å². The molecule has 3 rings (SSSR count). The molecule has 2 aromatic rings. The highest BCUT2D eigenvalue weighted by atomic mass is 19.1. The third kappa shape index (κ3) is 4.67. The average Bonchev–Trinajstić information content (AvgIpc) is 3.07. The topological polar surface area (TPSA) is 147 Å². The molecule has 1 aromatic carbocycles. The smallest absolute Gasteiger partial charge is 0.356 e. The quantitative estimate of drug-likeness (QED) is 0.354. The Morgan fingerprint density at radius 1 is 1.18 bits per heavy atom. The fraction of sp³-hybridized carbons (Fsp3) is 0.571. The number of benzene rings is 1. The summed E-state index contributed by atoms with van der Waals surface area (Å²) < 4.78 is 45.7. The number of methoxy groups -OCH3 is 1. The molecule has 1 aliphatic rings. The van der Waals surface area contributed by atoms with Gasteiger partial charge in [-0.05, 0) is 32.4 Å². The summed E-state index contributed by atoms with van der Waals surface area (Å²) in [6, 6.07) is 1.67. The molecule has 0 bridgehead atoms. The first-order chi connectivity index (χ1) is 15.4. The maximum absolute atomic E-state index is 14.6.